The molecular formula is C15H20FNO. The van der Waals surface area contributed by atoms with Crippen LogP contribution in [0.3, 0.4) is 0 Å². The van der Waals surface area contributed by atoms with Crippen molar-refractivity contribution in [1.82, 2.24) is 5.32 Å². The van der Waals surface area contributed by atoms with Crippen molar-refractivity contribution in [3.63, 3.8) is 0 Å². The number of rotatable bonds is 5. The zero-order valence-corrected chi connectivity index (χ0v) is 10.6. The van der Waals surface area contributed by atoms with Crippen LogP contribution < -0.4 is 5.32 Å². The van der Waals surface area contributed by atoms with E-state index in [0.717, 1.165) is 18.4 Å². The molecule has 1 aliphatic carbocycles. The molecule has 3 heteroatoms. The normalized spacial score (nSPS) is 24.4. The van der Waals surface area contributed by atoms with Gasteiger partial charge in [-0.3, -0.25) is 0 Å². The maximum atomic E-state index is 12.9. The molecule has 1 aromatic rings. The summed E-state index contributed by atoms with van der Waals surface area (Å²) in [5.74, 6) is 0.0722. The van der Waals surface area contributed by atoms with Crippen LogP contribution in [-0.2, 0) is 0 Å². The molecule has 1 aromatic carbocycles. The average molecular weight is 249 g/mol. The molecule has 98 valence electrons. The first-order chi connectivity index (χ1) is 8.72. The number of hydrogen-bond acceptors (Lipinski definition) is 2. The van der Waals surface area contributed by atoms with Gasteiger partial charge in [-0.15, -0.1) is 0 Å². The van der Waals surface area contributed by atoms with Crippen LogP contribution in [0.25, 0.3) is 0 Å². The minimum atomic E-state index is -0.199. The fourth-order valence-electron chi connectivity index (χ4n) is 2.44. The SMILES string of the molecule is CC[C@H](N[C@@H]1C=C[C@H](CO)C1)c1ccc(F)cc1. The van der Waals surface area contributed by atoms with Crippen molar-refractivity contribution in [1.29, 1.82) is 0 Å². The Balaban J connectivity index is 1.98. The lowest BCUT2D eigenvalue weighted by Crippen LogP contribution is -2.30. The molecule has 0 amide bonds. The molecule has 0 saturated heterocycles. The summed E-state index contributed by atoms with van der Waals surface area (Å²) < 4.78 is 12.9. The molecule has 18 heavy (non-hydrogen) atoms. The van der Waals surface area contributed by atoms with Gasteiger partial charge in [0.2, 0.25) is 0 Å². The maximum Gasteiger partial charge on any atom is 0.123 e. The second kappa shape index (κ2) is 6.12. The Labute approximate surface area is 108 Å². The zero-order valence-electron chi connectivity index (χ0n) is 10.6. The second-order valence-electron chi connectivity index (χ2n) is 4.85. The molecule has 1 aliphatic rings. The van der Waals surface area contributed by atoms with Gasteiger partial charge < -0.3 is 10.4 Å². The van der Waals surface area contributed by atoms with Gasteiger partial charge in [0, 0.05) is 24.6 Å². The van der Waals surface area contributed by atoms with E-state index >= 15 is 0 Å². The molecule has 0 radical (unpaired) electrons. The van der Waals surface area contributed by atoms with Crippen molar-refractivity contribution in [3.8, 4) is 0 Å². The van der Waals surface area contributed by atoms with E-state index in [0.29, 0.717) is 6.04 Å². The van der Waals surface area contributed by atoms with Gasteiger partial charge in [0.05, 0.1) is 0 Å². The van der Waals surface area contributed by atoms with E-state index in [1.807, 2.05) is 12.1 Å². The molecule has 0 bridgehead atoms. The van der Waals surface area contributed by atoms with Gasteiger partial charge in [0.25, 0.3) is 0 Å². The van der Waals surface area contributed by atoms with Crippen LogP contribution in [0.5, 0.6) is 0 Å². The molecule has 0 spiro atoms. The van der Waals surface area contributed by atoms with E-state index in [1.54, 1.807) is 0 Å². The second-order valence-corrected chi connectivity index (χ2v) is 4.85. The van der Waals surface area contributed by atoms with E-state index in [1.165, 1.54) is 12.1 Å². The number of benzene rings is 1. The van der Waals surface area contributed by atoms with Gasteiger partial charge in [0.1, 0.15) is 5.82 Å². The van der Waals surface area contributed by atoms with E-state index in [9.17, 15) is 4.39 Å². The van der Waals surface area contributed by atoms with Crippen molar-refractivity contribution in [2.45, 2.75) is 31.8 Å². The van der Waals surface area contributed by atoms with Gasteiger partial charge in [-0.05, 0) is 30.5 Å². The number of nitrogens with one attached hydrogen (secondary N) is 1. The van der Waals surface area contributed by atoms with Crippen LogP contribution in [-0.4, -0.2) is 17.8 Å². The van der Waals surface area contributed by atoms with Crippen molar-refractivity contribution in [2.75, 3.05) is 6.61 Å². The molecule has 2 rings (SSSR count). The maximum absolute atomic E-state index is 12.9. The molecule has 0 fully saturated rings. The van der Waals surface area contributed by atoms with E-state index < -0.39 is 0 Å². The third kappa shape index (κ3) is 3.18. The van der Waals surface area contributed by atoms with E-state index in [4.69, 9.17) is 5.11 Å². The highest BCUT2D eigenvalue weighted by molar-refractivity contribution is 5.21. The quantitative estimate of drug-likeness (QED) is 0.786. The number of aliphatic hydroxyl groups is 1. The van der Waals surface area contributed by atoms with Crippen LogP contribution in [0.2, 0.25) is 0 Å². The van der Waals surface area contributed by atoms with Crippen molar-refractivity contribution >= 4 is 0 Å². The van der Waals surface area contributed by atoms with E-state index in [-0.39, 0.29) is 24.4 Å². The Hall–Kier alpha value is -1.19. The summed E-state index contributed by atoms with van der Waals surface area (Å²) in [6.07, 6.45) is 6.08. The summed E-state index contributed by atoms with van der Waals surface area (Å²) in [5, 5.41) is 12.6. The van der Waals surface area contributed by atoms with Crippen molar-refractivity contribution < 1.29 is 9.50 Å². The fraction of sp³-hybridized carbons (Fsp3) is 0.467. The predicted octanol–water partition coefficient (Wildman–Crippen LogP) is 2.80. The Morgan fingerprint density at radius 2 is 2.06 bits per heavy atom. The highest BCUT2D eigenvalue weighted by Crippen LogP contribution is 2.23. The minimum Gasteiger partial charge on any atom is -0.396 e. The Bertz CT molecular complexity index is 401. The van der Waals surface area contributed by atoms with Gasteiger partial charge in [-0.25, -0.2) is 4.39 Å². The van der Waals surface area contributed by atoms with Crippen molar-refractivity contribution in [2.24, 2.45) is 5.92 Å². The van der Waals surface area contributed by atoms with Gasteiger partial charge in [-0.2, -0.15) is 0 Å². The fourth-order valence-corrected chi connectivity index (χ4v) is 2.44. The first kappa shape index (κ1) is 13.2. The van der Waals surface area contributed by atoms with Gasteiger partial charge >= 0.3 is 0 Å². The Morgan fingerprint density at radius 1 is 1.33 bits per heavy atom. The lowest BCUT2D eigenvalue weighted by Gasteiger charge is -2.22. The molecule has 2 nitrogen and oxygen atoms in total. The summed E-state index contributed by atoms with van der Waals surface area (Å²) in [6, 6.07) is 7.20. The molecule has 0 aromatic heterocycles. The van der Waals surface area contributed by atoms with Crippen LogP contribution in [0.15, 0.2) is 36.4 Å². The molecule has 0 heterocycles. The van der Waals surface area contributed by atoms with Gasteiger partial charge in [-0.1, -0.05) is 31.2 Å². The Morgan fingerprint density at radius 3 is 2.61 bits per heavy atom. The highest BCUT2D eigenvalue weighted by Gasteiger charge is 2.20. The third-order valence-electron chi connectivity index (χ3n) is 3.50. The third-order valence-corrected chi connectivity index (χ3v) is 3.50. The van der Waals surface area contributed by atoms with Crippen LogP contribution in [0, 0.1) is 11.7 Å². The molecule has 2 N–H and O–H groups in total. The van der Waals surface area contributed by atoms with Crippen LogP contribution >= 0.6 is 0 Å². The number of hydrogen-bond donors (Lipinski definition) is 2. The topological polar surface area (TPSA) is 32.3 Å². The van der Waals surface area contributed by atoms with Crippen LogP contribution in [0.1, 0.15) is 31.4 Å². The molecule has 0 saturated carbocycles. The first-order valence-corrected chi connectivity index (χ1v) is 6.53. The lowest BCUT2D eigenvalue weighted by molar-refractivity contribution is 0.244. The monoisotopic (exact) mass is 249 g/mol. The lowest BCUT2D eigenvalue weighted by atomic mass is 10.0. The summed E-state index contributed by atoms with van der Waals surface area (Å²) in [5.41, 5.74) is 1.11. The number of aliphatic hydroxyl groups excluding tert-OH is 1. The first-order valence-electron chi connectivity index (χ1n) is 6.53. The smallest absolute Gasteiger partial charge is 0.123 e. The molecule has 3 atom stereocenters. The standard InChI is InChI=1S/C15H20FNO/c1-2-15(12-4-6-13(16)7-5-12)17-14-8-3-11(9-14)10-18/h3-8,11,14-15,17-18H,2,9-10H2,1H3/t11-,14+,15-/m0/s1. The van der Waals surface area contributed by atoms with E-state index in [2.05, 4.69) is 24.4 Å². The Kier molecular flexibility index (Phi) is 4.50. The highest BCUT2D eigenvalue weighted by atomic mass is 19.1. The zero-order chi connectivity index (χ0) is 13.0. The number of halogens is 1. The summed E-state index contributed by atoms with van der Waals surface area (Å²) in [6.45, 7) is 2.32. The van der Waals surface area contributed by atoms with Crippen LogP contribution in [0.4, 0.5) is 4.39 Å². The summed E-state index contributed by atoms with van der Waals surface area (Å²) >= 11 is 0. The molecular weight excluding hydrogens is 229 g/mol. The largest absolute Gasteiger partial charge is 0.396 e. The van der Waals surface area contributed by atoms with Gasteiger partial charge in [0.15, 0.2) is 0 Å². The van der Waals surface area contributed by atoms with Crippen molar-refractivity contribution in [3.05, 3.63) is 47.8 Å². The molecule has 0 unspecified atom stereocenters. The average Bonchev–Trinajstić information content (AvgIpc) is 2.85. The molecule has 0 aliphatic heterocycles. The minimum absolute atomic E-state index is 0.199. The summed E-state index contributed by atoms with van der Waals surface area (Å²) in [7, 11) is 0. The summed E-state index contributed by atoms with van der Waals surface area (Å²) in [4.78, 5) is 0. The predicted molar refractivity (Wildman–Crippen MR) is 70.7 cm³/mol.